The second-order valence-corrected chi connectivity index (χ2v) is 7.22. The minimum atomic E-state index is -1.11. The van der Waals surface area contributed by atoms with Gasteiger partial charge in [0.25, 0.3) is 11.8 Å². The van der Waals surface area contributed by atoms with Crippen LogP contribution in [0.3, 0.4) is 0 Å². The maximum Gasteiger partial charge on any atom is 0.341 e. The Bertz CT molecular complexity index is 975. The van der Waals surface area contributed by atoms with E-state index in [1.165, 1.54) is 0 Å². The lowest BCUT2D eigenvalue weighted by molar-refractivity contribution is -0.139. The van der Waals surface area contributed by atoms with Crippen molar-refractivity contribution >= 4 is 52.2 Å². The number of carboxylic acids is 1. The summed E-state index contributed by atoms with van der Waals surface area (Å²) in [6.45, 7) is -0.501. The number of rotatable bonds is 6. The summed E-state index contributed by atoms with van der Waals surface area (Å²) in [5, 5.41) is 9.79. The van der Waals surface area contributed by atoms with Gasteiger partial charge < -0.3 is 9.84 Å². The highest BCUT2D eigenvalue weighted by Crippen LogP contribution is 2.33. The topological polar surface area (TPSA) is 95.9 Å². The average Bonchev–Trinajstić information content (AvgIpc) is 2.95. The zero-order valence-electron chi connectivity index (χ0n) is 14.3. The van der Waals surface area contributed by atoms with Crippen molar-refractivity contribution < 1.29 is 24.2 Å². The molecule has 1 saturated heterocycles. The molecule has 142 valence electrons. The fourth-order valence-electron chi connectivity index (χ4n) is 2.33. The van der Waals surface area contributed by atoms with E-state index in [-0.39, 0.29) is 9.23 Å². The fourth-order valence-corrected chi connectivity index (χ4v) is 3.50. The molecule has 9 heteroatoms. The van der Waals surface area contributed by atoms with Crippen molar-refractivity contribution in [3.63, 3.8) is 0 Å². The van der Waals surface area contributed by atoms with Crippen molar-refractivity contribution in [1.29, 1.82) is 0 Å². The van der Waals surface area contributed by atoms with Crippen LogP contribution in [0.2, 0.25) is 0 Å². The number of aliphatic carboxylic acids is 1. The smallest absolute Gasteiger partial charge is 0.341 e. The number of nitrogens with one attached hydrogen (secondary N) is 1. The summed E-state index contributed by atoms with van der Waals surface area (Å²) in [6, 6.07) is 15.2. The zero-order chi connectivity index (χ0) is 20.1. The van der Waals surface area contributed by atoms with Crippen molar-refractivity contribution in [1.82, 2.24) is 10.4 Å². The number of ether oxygens (including phenoxy) is 1. The normalized spacial score (nSPS) is 15.0. The highest BCUT2D eigenvalue weighted by Gasteiger charge is 2.34. The third-order valence-electron chi connectivity index (χ3n) is 3.60. The minimum Gasteiger partial charge on any atom is -0.481 e. The van der Waals surface area contributed by atoms with Crippen molar-refractivity contribution in [3.05, 3.63) is 70.6 Å². The number of hydrogen-bond donors (Lipinski definition) is 2. The molecule has 1 fully saturated rings. The molecule has 0 spiro atoms. The molecule has 2 amide bonds. The number of thioether (sulfide) groups is 1. The monoisotopic (exact) mass is 414 g/mol. The first-order valence-corrected chi connectivity index (χ1v) is 9.26. The van der Waals surface area contributed by atoms with Gasteiger partial charge in [-0.1, -0.05) is 48.2 Å². The number of carbonyl (C=O) groups excluding carboxylic acids is 2. The molecule has 1 aliphatic rings. The molecule has 1 aliphatic heterocycles. The first kappa shape index (κ1) is 19.6. The van der Waals surface area contributed by atoms with E-state index in [2.05, 4.69) is 5.43 Å². The predicted molar refractivity (Wildman–Crippen MR) is 108 cm³/mol. The van der Waals surface area contributed by atoms with Crippen molar-refractivity contribution in [2.75, 3.05) is 6.61 Å². The fraction of sp³-hybridized carbons (Fsp3) is 0.0526. The Morgan fingerprint density at radius 1 is 1.14 bits per heavy atom. The van der Waals surface area contributed by atoms with Gasteiger partial charge >= 0.3 is 5.97 Å². The second kappa shape index (κ2) is 8.68. The van der Waals surface area contributed by atoms with E-state index in [0.717, 1.165) is 16.8 Å². The van der Waals surface area contributed by atoms with Crippen molar-refractivity contribution in [3.8, 4) is 5.75 Å². The molecule has 2 aromatic rings. The summed E-state index contributed by atoms with van der Waals surface area (Å²) in [4.78, 5) is 36.0. The highest BCUT2D eigenvalue weighted by atomic mass is 32.2. The van der Waals surface area contributed by atoms with E-state index >= 15 is 0 Å². The number of thiocarbonyl (C=S) groups is 1. The Morgan fingerprint density at radius 2 is 1.82 bits per heavy atom. The van der Waals surface area contributed by atoms with Gasteiger partial charge in [0.15, 0.2) is 10.9 Å². The highest BCUT2D eigenvalue weighted by molar-refractivity contribution is 8.26. The molecule has 2 aromatic carbocycles. The van der Waals surface area contributed by atoms with Gasteiger partial charge in [0, 0.05) is 11.1 Å². The van der Waals surface area contributed by atoms with E-state index in [0.29, 0.717) is 16.9 Å². The van der Waals surface area contributed by atoms with E-state index in [4.69, 9.17) is 22.1 Å². The Balaban J connectivity index is 1.78. The van der Waals surface area contributed by atoms with E-state index in [9.17, 15) is 14.4 Å². The number of carboxylic acid groups (broad SMARTS) is 1. The van der Waals surface area contributed by atoms with Crippen molar-refractivity contribution in [2.45, 2.75) is 0 Å². The van der Waals surface area contributed by atoms with Crippen LogP contribution in [0.15, 0.2) is 59.5 Å². The molecule has 3 rings (SSSR count). The summed E-state index contributed by atoms with van der Waals surface area (Å²) < 4.78 is 5.42. The van der Waals surface area contributed by atoms with E-state index < -0.39 is 24.4 Å². The standard InChI is InChI=1S/C19H14N2O5S2/c22-16(23)11-26-14-9-5-4-8-13(14)10-15-18(25)21(19(27)28-15)20-17(24)12-6-2-1-3-7-12/h1-10H,11H2,(H,20,24)(H,22,23). The lowest BCUT2D eigenvalue weighted by atomic mass is 10.2. The minimum absolute atomic E-state index is 0.185. The molecule has 0 atom stereocenters. The number of hydrogen-bond acceptors (Lipinski definition) is 6. The van der Waals surface area contributed by atoms with Crippen LogP contribution in [0.5, 0.6) is 5.75 Å². The number of hydrazine groups is 1. The molecule has 0 radical (unpaired) electrons. The lowest BCUT2D eigenvalue weighted by Gasteiger charge is -2.15. The molecular weight excluding hydrogens is 400 g/mol. The summed E-state index contributed by atoms with van der Waals surface area (Å²) in [7, 11) is 0. The van der Waals surface area contributed by atoms with Gasteiger partial charge in [0.1, 0.15) is 5.75 Å². The molecule has 0 aliphatic carbocycles. The third-order valence-corrected chi connectivity index (χ3v) is 4.90. The second-order valence-electron chi connectivity index (χ2n) is 5.54. The molecule has 0 unspecified atom stereocenters. The van der Waals surface area contributed by atoms with Gasteiger partial charge in [-0.2, -0.15) is 5.01 Å². The van der Waals surface area contributed by atoms with Crippen LogP contribution in [-0.2, 0) is 9.59 Å². The Morgan fingerprint density at radius 3 is 2.54 bits per heavy atom. The van der Waals surface area contributed by atoms with Crippen molar-refractivity contribution in [2.24, 2.45) is 0 Å². The Labute approximate surface area is 170 Å². The van der Waals surface area contributed by atoms with E-state index in [1.807, 2.05) is 0 Å². The number of para-hydroxylation sites is 1. The summed E-state index contributed by atoms with van der Waals surface area (Å²) in [5.74, 6) is -1.72. The average molecular weight is 414 g/mol. The van der Waals surface area contributed by atoms with Crippen LogP contribution >= 0.6 is 24.0 Å². The van der Waals surface area contributed by atoms with Crippen LogP contribution in [0.1, 0.15) is 15.9 Å². The Hall–Kier alpha value is -3.17. The molecule has 1 heterocycles. The maximum absolute atomic E-state index is 12.7. The van der Waals surface area contributed by atoms with E-state index in [1.54, 1.807) is 60.7 Å². The molecule has 0 saturated carbocycles. The van der Waals surface area contributed by atoms with Gasteiger partial charge in [-0.25, -0.2) is 4.79 Å². The molecule has 0 aromatic heterocycles. The summed E-state index contributed by atoms with van der Waals surface area (Å²) >= 11 is 6.23. The van der Waals surface area contributed by atoms with Crippen LogP contribution < -0.4 is 10.2 Å². The van der Waals surface area contributed by atoms with Gasteiger partial charge in [-0.05, 0) is 36.5 Å². The van der Waals surface area contributed by atoms with Crippen LogP contribution in [-0.4, -0.2) is 38.8 Å². The Kier molecular flexibility index (Phi) is 6.07. The quantitative estimate of drug-likeness (QED) is 0.554. The molecular formula is C19H14N2O5S2. The molecule has 0 bridgehead atoms. The number of nitrogens with zero attached hydrogens (tertiary/aromatic N) is 1. The third kappa shape index (κ3) is 4.56. The molecule has 28 heavy (non-hydrogen) atoms. The van der Waals surface area contributed by atoms with Gasteiger partial charge in [-0.3, -0.25) is 15.0 Å². The largest absolute Gasteiger partial charge is 0.481 e. The molecule has 7 nitrogen and oxygen atoms in total. The molecule has 2 N–H and O–H groups in total. The van der Waals surface area contributed by atoms with Gasteiger partial charge in [-0.15, -0.1) is 0 Å². The number of amides is 2. The van der Waals surface area contributed by atoms with Crippen LogP contribution in [0.25, 0.3) is 6.08 Å². The first-order valence-electron chi connectivity index (χ1n) is 8.03. The van der Waals surface area contributed by atoms with Gasteiger partial charge in [0.05, 0.1) is 4.91 Å². The number of carbonyl (C=O) groups is 3. The summed E-state index contributed by atoms with van der Waals surface area (Å²) in [5.41, 5.74) is 3.42. The van der Waals surface area contributed by atoms with Gasteiger partial charge in [0.2, 0.25) is 0 Å². The maximum atomic E-state index is 12.7. The first-order chi connectivity index (χ1) is 13.5. The SMILES string of the molecule is O=C(O)COc1ccccc1C=C1SC(=S)N(NC(=O)c2ccccc2)C1=O. The predicted octanol–water partition coefficient (Wildman–Crippen LogP) is 2.70. The van der Waals surface area contributed by atoms with Crippen LogP contribution in [0.4, 0.5) is 0 Å². The lowest BCUT2D eigenvalue weighted by Crippen LogP contribution is -2.44. The zero-order valence-corrected chi connectivity index (χ0v) is 16.0. The summed E-state index contributed by atoms with van der Waals surface area (Å²) in [6.07, 6.45) is 1.55. The van der Waals surface area contributed by atoms with Crippen LogP contribution in [0, 0.1) is 0 Å². The number of benzene rings is 2.